The first-order valence-corrected chi connectivity index (χ1v) is 5.57. The minimum absolute atomic E-state index is 0.150. The van der Waals surface area contributed by atoms with Crippen molar-refractivity contribution in [3.05, 3.63) is 29.0 Å². The van der Waals surface area contributed by atoms with E-state index >= 15 is 0 Å². The largest absolute Gasteiger partial charge is 0.480 e. The van der Waals surface area contributed by atoms with Crippen LogP contribution in [0.1, 0.15) is 30.3 Å². The number of amides is 1. The molecule has 0 spiro atoms. The van der Waals surface area contributed by atoms with Crippen molar-refractivity contribution < 1.29 is 14.7 Å². The maximum Gasteiger partial charge on any atom is 0.326 e. The summed E-state index contributed by atoms with van der Waals surface area (Å²) in [6.07, 6.45) is 2.39. The molecule has 17 heavy (non-hydrogen) atoms. The van der Waals surface area contributed by atoms with E-state index in [9.17, 15) is 9.59 Å². The smallest absolute Gasteiger partial charge is 0.326 e. The molecule has 1 unspecified atom stereocenters. The fraction of sp³-hybridized carbons (Fsp3) is 0.364. The van der Waals surface area contributed by atoms with E-state index < -0.39 is 17.9 Å². The Hall–Kier alpha value is -1.62. The molecule has 0 aromatic carbocycles. The van der Waals surface area contributed by atoms with E-state index in [1.807, 2.05) is 6.92 Å². The minimum Gasteiger partial charge on any atom is -0.480 e. The Labute approximate surface area is 104 Å². The number of nitrogens with one attached hydrogen (secondary N) is 1. The summed E-state index contributed by atoms with van der Waals surface area (Å²) in [5.74, 6) is -1.56. The highest BCUT2D eigenvalue weighted by molar-refractivity contribution is 6.30. The minimum atomic E-state index is -1.05. The van der Waals surface area contributed by atoms with E-state index in [-0.39, 0.29) is 5.69 Å². The first-order valence-electron chi connectivity index (χ1n) is 5.19. The number of carboxylic acids is 1. The van der Waals surface area contributed by atoms with E-state index in [2.05, 4.69) is 10.3 Å². The third-order valence-corrected chi connectivity index (χ3v) is 2.36. The average Bonchev–Trinajstić information content (AvgIpc) is 2.29. The molecule has 1 atom stereocenters. The SMILES string of the molecule is CCCC(NC(=O)c1ccc(Cl)cn1)C(=O)O. The molecule has 0 saturated heterocycles. The monoisotopic (exact) mass is 256 g/mol. The third-order valence-electron chi connectivity index (χ3n) is 2.14. The van der Waals surface area contributed by atoms with Crippen molar-refractivity contribution in [2.24, 2.45) is 0 Å². The normalized spacial score (nSPS) is 11.9. The second kappa shape index (κ2) is 6.20. The molecule has 5 nitrogen and oxygen atoms in total. The number of rotatable bonds is 5. The molecule has 0 fully saturated rings. The van der Waals surface area contributed by atoms with Crippen LogP contribution in [0.25, 0.3) is 0 Å². The summed E-state index contributed by atoms with van der Waals surface area (Å²) in [6, 6.07) is 2.09. The molecule has 0 saturated carbocycles. The van der Waals surface area contributed by atoms with Crippen molar-refractivity contribution in [3.63, 3.8) is 0 Å². The van der Waals surface area contributed by atoms with Crippen LogP contribution in [0.4, 0.5) is 0 Å². The second-order valence-corrected chi connectivity index (χ2v) is 3.95. The van der Waals surface area contributed by atoms with Gasteiger partial charge >= 0.3 is 5.97 Å². The highest BCUT2D eigenvalue weighted by Gasteiger charge is 2.19. The van der Waals surface area contributed by atoms with Gasteiger partial charge in [-0.2, -0.15) is 0 Å². The Balaban J connectivity index is 2.70. The van der Waals surface area contributed by atoms with Gasteiger partial charge in [-0.05, 0) is 18.6 Å². The number of carbonyl (C=O) groups excluding carboxylic acids is 1. The Morgan fingerprint density at radius 3 is 2.71 bits per heavy atom. The summed E-state index contributed by atoms with van der Waals surface area (Å²) in [5.41, 5.74) is 0.150. The van der Waals surface area contributed by atoms with Crippen LogP contribution in [0.3, 0.4) is 0 Å². The van der Waals surface area contributed by atoms with Crippen LogP contribution in [-0.2, 0) is 4.79 Å². The van der Waals surface area contributed by atoms with Gasteiger partial charge in [0.15, 0.2) is 0 Å². The number of halogens is 1. The van der Waals surface area contributed by atoms with E-state index in [1.54, 1.807) is 0 Å². The molecule has 1 aromatic rings. The Morgan fingerprint density at radius 1 is 1.53 bits per heavy atom. The molecule has 0 aliphatic heterocycles. The fourth-order valence-electron chi connectivity index (χ4n) is 1.29. The lowest BCUT2D eigenvalue weighted by Crippen LogP contribution is -2.40. The quantitative estimate of drug-likeness (QED) is 0.841. The molecule has 1 heterocycles. The number of aliphatic carboxylic acids is 1. The molecule has 1 aromatic heterocycles. The van der Waals surface area contributed by atoms with Crippen molar-refractivity contribution >= 4 is 23.5 Å². The highest BCUT2D eigenvalue weighted by atomic mass is 35.5. The van der Waals surface area contributed by atoms with Crippen molar-refractivity contribution in [3.8, 4) is 0 Å². The standard InChI is InChI=1S/C11H13ClN2O3/c1-2-3-9(11(16)17)14-10(15)8-5-4-7(12)6-13-8/h4-6,9H,2-3H2,1H3,(H,14,15)(H,16,17). The summed E-state index contributed by atoms with van der Waals surface area (Å²) < 4.78 is 0. The summed E-state index contributed by atoms with van der Waals surface area (Å²) in [5, 5.41) is 11.7. The number of hydrogen-bond acceptors (Lipinski definition) is 3. The average molecular weight is 257 g/mol. The number of pyridine rings is 1. The van der Waals surface area contributed by atoms with Gasteiger partial charge in [0, 0.05) is 6.20 Å². The lowest BCUT2D eigenvalue weighted by Gasteiger charge is -2.12. The van der Waals surface area contributed by atoms with Crippen LogP contribution in [0, 0.1) is 0 Å². The number of carboxylic acid groups (broad SMARTS) is 1. The van der Waals surface area contributed by atoms with E-state index in [1.165, 1.54) is 18.3 Å². The summed E-state index contributed by atoms with van der Waals surface area (Å²) in [4.78, 5) is 26.3. The van der Waals surface area contributed by atoms with Crippen LogP contribution in [-0.4, -0.2) is 28.0 Å². The molecule has 92 valence electrons. The highest BCUT2D eigenvalue weighted by Crippen LogP contribution is 2.06. The van der Waals surface area contributed by atoms with Gasteiger partial charge in [0.25, 0.3) is 5.91 Å². The van der Waals surface area contributed by atoms with E-state index in [0.717, 1.165) is 0 Å². The zero-order valence-corrected chi connectivity index (χ0v) is 10.1. The van der Waals surface area contributed by atoms with Crippen LogP contribution in [0.15, 0.2) is 18.3 Å². The van der Waals surface area contributed by atoms with Crippen LogP contribution < -0.4 is 5.32 Å². The molecule has 2 N–H and O–H groups in total. The first-order chi connectivity index (χ1) is 8.04. The Bertz CT molecular complexity index is 406. The van der Waals surface area contributed by atoms with Gasteiger partial charge in [-0.1, -0.05) is 24.9 Å². The lowest BCUT2D eigenvalue weighted by atomic mass is 10.1. The van der Waals surface area contributed by atoms with E-state index in [0.29, 0.717) is 17.9 Å². The predicted molar refractivity (Wildman–Crippen MR) is 63.0 cm³/mol. The zero-order chi connectivity index (χ0) is 12.8. The van der Waals surface area contributed by atoms with Crippen molar-refractivity contribution in [2.75, 3.05) is 0 Å². The van der Waals surface area contributed by atoms with Gasteiger partial charge in [-0.3, -0.25) is 4.79 Å². The van der Waals surface area contributed by atoms with Crippen molar-refractivity contribution in [1.82, 2.24) is 10.3 Å². The molecule has 0 aliphatic carbocycles. The maximum atomic E-state index is 11.7. The molecule has 0 bridgehead atoms. The molecular weight excluding hydrogens is 244 g/mol. The zero-order valence-electron chi connectivity index (χ0n) is 9.31. The van der Waals surface area contributed by atoms with Crippen LogP contribution in [0.5, 0.6) is 0 Å². The number of carbonyl (C=O) groups is 2. The predicted octanol–water partition coefficient (Wildman–Crippen LogP) is 1.72. The third kappa shape index (κ3) is 4.03. The summed E-state index contributed by atoms with van der Waals surface area (Å²) >= 11 is 5.63. The lowest BCUT2D eigenvalue weighted by molar-refractivity contribution is -0.139. The van der Waals surface area contributed by atoms with E-state index in [4.69, 9.17) is 16.7 Å². The molecule has 0 radical (unpaired) electrons. The molecule has 6 heteroatoms. The van der Waals surface area contributed by atoms with Crippen molar-refractivity contribution in [2.45, 2.75) is 25.8 Å². The topological polar surface area (TPSA) is 79.3 Å². The van der Waals surface area contributed by atoms with Gasteiger partial charge in [-0.25, -0.2) is 9.78 Å². The van der Waals surface area contributed by atoms with Crippen LogP contribution >= 0.6 is 11.6 Å². The second-order valence-electron chi connectivity index (χ2n) is 3.51. The number of hydrogen-bond donors (Lipinski definition) is 2. The number of aromatic nitrogens is 1. The van der Waals surface area contributed by atoms with Crippen molar-refractivity contribution in [1.29, 1.82) is 0 Å². The maximum absolute atomic E-state index is 11.7. The summed E-state index contributed by atoms with van der Waals surface area (Å²) in [7, 11) is 0. The molecule has 0 aliphatic rings. The van der Waals surface area contributed by atoms with Gasteiger partial charge in [0.05, 0.1) is 5.02 Å². The van der Waals surface area contributed by atoms with Crippen LogP contribution in [0.2, 0.25) is 5.02 Å². The first kappa shape index (κ1) is 13.4. The molecular formula is C11H13ClN2O3. The van der Waals surface area contributed by atoms with Gasteiger partial charge in [0.2, 0.25) is 0 Å². The Kier molecular flexibility index (Phi) is 4.90. The van der Waals surface area contributed by atoms with Gasteiger partial charge < -0.3 is 10.4 Å². The molecule has 1 rings (SSSR count). The Morgan fingerprint density at radius 2 is 2.24 bits per heavy atom. The van der Waals surface area contributed by atoms with Gasteiger partial charge in [-0.15, -0.1) is 0 Å². The fourth-order valence-corrected chi connectivity index (χ4v) is 1.40. The molecule has 1 amide bonds. The summed E-state index contributed by atoms with van der Waals surface area (Å²) in [6.45, 7) is 1.85. The van der Waals surface area contributed by atoms with Gasteiger partial charge in [0.1, 0.15) is 11.7 Å². The number of nitrogens with zero attached hydrogens (tertiary/aromatic N) is 1.